The summed E-state index contributed by atoms with van der Waals surface area (Å²) in [7, 11) is 0. The molecule has 4 aromatic rings. The van der Waals surface area contributed by atoms with Crippen LogP contribution in [0.4, 0.5) is 0 Å². The topological polar surface area (TPSA) is 76.5 Å². The largest absolute Gasteiger partial charge is 0.508 e. The van der Waals surface area contributed by atoms with Gasteiger partial charge in [-0.1, -0.05) is 23.9 Å². The molecule has 2 aromatic heterocycles. The lowest BCUT2D eigenvalue weighted by molar-refractivity contribution is 0.468. The highest BCUT2D eigenvalue weighted by Gasteiger charge is 2.12. The van der Waals surface area contributed by atoms with Crippen LogP contribution >= 0.6 is 11.8 Å². The molecular formula is C18H13NO4S. The van der Waals surface area contributed by atoms with Crippen LogP contribution in [0.5, 0.6) is 5.75 Å². The molecule has 6 heteroatoms. The fourth-order valence-corrected chi connectivity index (χ4v) is 3.42. The molecule has 0 aliphatic rings. The molecule has 120 valence electrons. The van der Waals surface area contributed by atoms with Gasteiger partial charge >= 0.3 is 5.63 Å². The molecule has 0 saturated heterocycles. The molecule has 0 amide bonds. The van der Waals surface area contributed by atoms with Crippen molar-refractivity contribution in [2.45, 2.75) is 17.9 Å². The number of benzene rings is 2. The van der Waals surface area contributed by atoms with E-state index in [-0.39, 0.29) is 5.75 Å². The summed E-state index contributed by atoms with van der Waals surface area (Å²) in [6.45, 7) is 1.72. The van der Waals surface area contributed by atoms with E-state index in [0.717, 1.165) is 22.0 Å². The summed E-state index contributed by atoms with van der Waals surface area (Å²) in [5, 5.41) is 11.1. The zero-order chi connectivity index (χ0) is 16.7. The first-order valence-electron chi connectivity index (χ1n) is 7.35. The zero-order valence-electron chi connectivity index (χ0n) is 12.8. The monoisotopic (exact) mass is 339 g/mol. The Morgan fingerprint density at radius 3 is 2.83 bits per heavy atom. The third-order valence-corrected chi connectivity index (χ3v) is 4.72. The maximum atomic E-state index is 11.8. The Morgan fingerprint density at radius 1 is 1.17 bits per heavy atom. The molecule has 2 heterocycles. The van der Waals surface area contributed by atoms with E-state index >= 15 is 0 Å². The number of thioether (sulfide) groups is 1. The van der Waals surface area contributed by atoms with Gasteiger partial charge in [0.15, 0.2) is 5.58 Å². The van der Waals surface area contributed by atoms with Gasteiger partial charge in [-0.2, -0.15) is 0 Å². The predicted molar refractivity (Wildman–Crippen MR) is 92.5 cm³/mol. The maximum Gasteiger partial charge on any atom is 0.336 e. The molecule has 4 rings (SSSR count). The minimum atomic E-state index is -0.440. The summed E-state index contributed by atoms with van der Waals surface area (Å²) >= 11 is 1.41. The van der Waals surface area contributed by atoms with Gasteiger partial charge in [0.05, 0.1) is 0 Å². The molecular weight excluding hydrogens is 326 g/mol. The van der Waals surface area contributed by atoms with Crippen LogP contribution in [0.1, 0.15) is 11.1 Å². The Bertz CT molecular complexity index is 1080. The summed E-state index contributed by atoms with van der Waals surface area (Å²) in [5.41, 5.74) is 2.88. The van der Waals surface area contributed by atoms with Crippen molar-refractivity contribution in [2.75, 3.05) is 0 Å². The van der Waals surface area contributed by atoms with Crippen LogP contribution in [0.15, 0.2) is 61.3 Å². The van der Waals surface area contributed by atoms with Crippen molar-refractivity contribution in [1.29, 1.82) is 0 Å². The van der Waals surface area contributed by atoms with Crippen LogP contribution < -0.4 is 5.63 Å². The molecule has 24 heavy (non-hydrogen) atoms. The van der Waals surface area contributed by atoms with Crippen LogP contribution in [0.25, 0.3) is 22.1 Å². The molecule has 0 atom stereocenters. The lowest BCUT2D eigenvalue weighted by Gasteiger charge is -2.07. The second-order valence-corrected chi connectivity index (χ2v) is 6.34. The Kier molecular flexibility index (Phi) is 3.54. The van der Waals surface area contributed by atoms with Crippen molar-refractivity contribution in [3.63, 3.8) is 0 Å². The molecule has 2 aromatic carbocycles. The summed E-state index contributed by atoms with van der Waals surface area (Å²) in [5.74, 6) is 0.619. The molecule has 1 N–H and O–H groups in total. The summed E-state index contributed by atoms with van der Waals surface area (Å²) < 4.78 is 10.9. The van der Waals surface area contributed by atoms with E-state index in [1.807, 2.05) is 24.3 Å². The van der Waals surface area contributed by atoms with Crippen LogP contribution in [-0.2, 0) is 5.75 Å². The fourth-order valence-electron chi connectivity index (χ4n) is 2.59. The van der Waals surface area contributed by atoms with Crippen molar-refractivity contribution in [2.24, 2.45) is 0 Å². The lowest BCUT2D eigenvalue weighted by atomic mass is 10.1. The third kappa shape index (κ3) is 2.55. The van der Waals surface area contributed by atoms with Gasteiger partial charge in [-0.3, -0.25) is 0 Å². The molecule has 0 bridgehead atoms. The number of fused-ring (bicyclic) bond motifs is 2. The fraction of sp³-hybridized carbons (Fsp3) is 0.111. The van der Waals surface area contributed by atoms with E-state index < -0.39 is 5.63 Å². The minimum absolute atomic E-state index is 0.106. The van der Waals surface area contributed by atoms with Crippen molar-refractivity contribution >= 4 is 33.8 Å². The van der Waals surface area contributed by atoms with E-state index in [2.05, 4.69) is 4.98 Å². The van der Waals surface area contributed by atoms with E-state index in [9.17, 15) is 9.90 Å². The summed E-state index contributed by atoms with van der Waals surface area (Å²) in [6.07, 6.45) is 0. The summed E-state index contributed by atoms with van der Waals surface area (Å²) in [6, 6.07) is 12.4. The normalized spacial score (nSPS) is 11.4. The Morgan fingerprint density at radius 2 is 2.00 bits per heavy atom. The van der Waals surface area contributed by atoms with Crippen LogP contribution in [0.2, 0.25) is 0 Å². The van der Waals surface area contributed by atoms with Crippen LogP contribution in [-0.4, -0.2) is 10.1 Å². The average molecular weight is 339 g/mol. The number of para-hydroxylation sites is 2. The number of hydrogen-bond donors (Lipinski definition) is 1. The number of aromatic nitrogens is 1. The van der Waals surface area contributed by atoms with Gasteiger partial charge in [0.1, 0.15) is 16.8 Å². The average Bonchev–Trinajstić information content (AvgIpc) is 2.99. The molecule has 0 aliphatic carbocycles. The highest BCUT2D eigenvalue weighted by molar-refractivity contribution is 7.98. The minimum Gasteiger partial charge on any atom is -0.508 e. The SMILES string of the molecule is Cc1c(O)ccc2c(CSc3nc4ccccc4o3)cc(=O)oc12. The first-order valence-corrected chi connectivity index (χ1v) is 8.34. The molecule has 0 saturated carbocycles. The van der Waals surface area contributed by atoms with Gasteiger partial charge in [-0.05, 0) is 36.8 Å². The van der Waals surface area contributed by atoms with Crippen LogP contribution in [0.3, 0.4) is 0 Å². The van der Waals surface area contributed by atoms with Crippen molar-refractivity contribution in [3.05, 3.63) is 64.0 Å². The smallest absolute Gasteiger partial charge is 0.336 e. The quantitative estimate of drug-likeness (QED) is 0.444. The number of aromatic hydroxyl groups is 1. The van der Waals surface area contributed by atoms with Crippen molar-refractivity contribution in [1.82, 2.24) is 4.98 Å². The van der Waals surface area contributed by atoms with E-state index in [4.69, 9.17) is 8.83 Å². The van der Waals surface area contributed by atoms with Crippen molar-refractivity contribution < 1.29 is 13.9 Å². The molecule has 0 spiro atoms. The van der Waals surface area contributed by atoms with Crippen molar-refractivity contribution in [3.8, 4) is 5.75 Å². The Balaban J connectivity index is 1.71. The Hall–Kier alpha value is -2.73. The maximum absolute atomic E-state index is 11.8. The van der Waals surface area contributed by atoms with E-state index in [1.54, 1.807) is 19.1 Å². The van der Waals surface area contributed by atoms with Gasteiger partial charge in [0, 0.05) is 22.8 Å². The van der Waals surface area contributed by atoms with Gasteiger partial charge in [-0.15, -0.1) is 0 Å². The number of aryl methyl sites for hydroxylation is 1. The van der Waals surface area contributed by atoms with Gasteiger partial charge in [0.2, 0.25) is 0 Å². The molecule has 0 radical (unpaired) electrons. The molecule has 0 fully saturated rings. The highest BCUT2D eigenvalue weighted by atomic mass is 32.2. The van der Waals surface area contributed by atoms with Gasteiger partial charge in [-0.25, -0.2) is 9.78 Å². The summed E-state index contributed by atoms with van der Waals surface area (Å²) in [4.78, 5) is 16.2. The van der Waals surface area contributed by atoms with E-state index in [0.29, 0.717) is 22.1 Å². The zero-order valence-corrected chi connectivity index (χ0v) is 13.6. The number of oxazole rings is 1. The molecule has 0 unspecified atom stereocenters. The number of phenols is 1. The van der Waals surface area contributed by atoms with E-state index in [1.165, 1.54) is 17.8 Å². The predicted octanol–water partition coefficient (Wildman–Crippen LogP) is 4.24. The molecule has 5 nitrogen and oxygen atoms in total. The number of hydrogen-bond acceptors (Lipinski definition) is 6. The Labute approximate surface area is 140 Å². The second-order valence-electron chi connectivity index (χ2n) is 5.41. The first-order chi connectivity index (χ1) is 11.6. The molecule has 0 aliphatic heterocycles. The van der Waals surface area contributed by atoms with Gasteiger partial charge < -0.3 is 13.9 Å². The number of nitrogens with zero attached hydrogens (tertiary/aromatic N) is 1. The lowest BCUT2D eigenvalue weighted by Crippen LogP contribution is -2.01. The third-order valence-electron chi connectivity index (χ3n) is 3.84. The highest BCUT2D eigenvalue weighted by Crippen LogP contribution is 2.31. The second kappa shape index (κ2) is 5.72. The number of rotatable bonds is 3. The first kappa shape index (κ1) is 14.8. The number of phenolic OH excluding ortho intramolecular Hbond substituents is 1. The van der Waals surface area contributed by atoms with Gasteiger partial charge in [0.25, 0.3) is 5.22 Å². The standard InChI is InChI=1S/C18H13NO4S/c1-10-14(20)7-6-12-11(8-16(21)23-17(10)12)9-24-18-19-13-4-2-3-5-15(13)22-18/h2-8,20H,9H2,1H3. The van der Waals surface area contributed by atoms with Crippen LogP contribution in [0, 0.1) is 6.92 Å².